The molecule has 0 saturated carbocycles. The highest BCUT2D eigenvalue weighted by molar-refractivity contribution is 5.85. The Morgan fingerprint density at radius 3 is 2.83 bits per heavy atom. The summed E-state index contributed by atoms with van der Waals surface area (Å²) in [4.78, 5) is 13.3. The molecule has 126 valence electrons. The van der Waals surface area contributed by atoms with Crippen LogP contribution in [0.3, 0.4) is 0 Å². The van der Waals surface area contributed by atoms with Crippen molar-refractivity contribution in [2.45, 2.75) is 25.8 Å². The van der Waals surface area contributed by atoms with Gasteiger partial charge in [0.1, 0.15) is 5.82 Å². The number of amides is 1. The van der Waals surface area contributed by atoms with E-state index in [0.29, 0.717) is 6.54 Å². The molecule has 0 fully saturated rings. The SMILES string of the molecule is C[C@H](N)C(=O)N(C)CCCc1cc(-c2cccc(F)c2)n[nH]1.Cl. The van der Waals surface area contributed by atoms with E-state index in [0.717, 1.165) is 29.8 Å². The van der Waals surface area contributed by atoms with Gasteiger partial charge in [0.2, 0.25) is 5.91 Å². The number of carbonyl (C=O) groups is 1. The van der Waals surface area contributed by atoms with Crippen molar-refractivity contribution in [1.29, 1.82) is 0 Å². The number of aromatic amines is 1. The summed E-state index contributed by atoms with van der Waals surface area (Å²) in [5, 5.41) is 7.15. The van der Waals surface area contributed by atoms with Gasteiger partial charge in [-0.15, -0.1) is 12.4 Å². The number of nitrogens with zero attached hydrogens (tertiary/aromatic N) is 2. The molecule has 3 N–H and O–H groups in total. The summed E-state index contributed by atoms with van der Waals surface area (Å²) < 4.78 is 13.2. The number of hydrogen-bond acceptors (Lipinski definition) is 3. The van der Waals surface area contributed by atoms with E-state index in [2.05, 4.69) is 10.2 Å². The van der Waals surface area contributed by atoms with Crippen molar-refractivity contribution < 1.29 is 9.18 Å². The molecule has 0 aliphatic carbocycles. The van der Waals surface area contributed by atoms with Crippen LogP contribution in [0.4, 0.5) is 4.39 Å². The van der Waals surface area contributed by atoms with E-state index >= 15 is 0 Å². The number of carbonyl (C=O) groups excluding carboxylic acids is 1. The van der Waals surface area contributed by atoms with Gasteiger partial charge in [-0.3, -0.25) is 9.89 Å². The molecule has 5 nitrogen and oxygen atoms in total. The zero-order valence-electron chi connectivity index (χ0n) is 13.3. The highest BCUT2D eigenvalue weighted by Gasteiger charge is 2.13. The molecule has 1 atom stereocenters. The molecule has 0 saturated heterocycles. The van der Waals surface area contributed by atoms with Gasteiger partial charge < -0.3 is 10.6 Å². The van der Waals surface area contributed by atoms with Gasteiger partial charge in [-0.25, -0.2) is 4.39 Å². The van der Waals surface area contributed by atoms with E-state index in [1.807, 2.05) is 12.1 Å². The van der Waals surface area contributed by atoms with Crippen molar-refractivity contribution >= 4 is 18.3 Å². The van der Waals surface area contributed by atoms with Crippen LogP contribution >= 0.6 is 12.4 Å². The Hall–Kier alpha value is -1.92. The first-order valence-corrected chi connectivity index (χ1v) is 7.28. The molecule has 0 unspecified atom stereocenters. The Kier molecular flexibility index (Phi) is 7.19. The molecular formula is C16H22ClFN4O. The number of benzene rings is 1. The van der Waals surface area contributed by atoms with Crippen molar-refractivity contribution in [1.82, 2.24) is 15.1 Å². The summed E-state index contributed by atoms with van der Waals surface area (Å²) in [5.74, 6) is -0.344. The number of hydrogen-bond donors (Lipinski definition) is 2. The maximum Gasteiger partial charge on any atom is 0.238 e. The van der Waals surface area contributed by atoms with Gasteiger partial charge in [0.25, 0.3) is 0 Å². The van der Waals surface area contributed by atoms with Crippen molar-refractivity contribution in [2.24, 2.45) is 5.73 Å². The highest BCUT2D eigenvalue weighted by atomic mass is 35.5. The third kappa shape index (κ3) is 5.33. The smallest absolute Gasteiger partial charge is 0.238 e. The summed E-state index contributed by atoms with van der Waals surface area (Å²) in [6, 6.07) is 7.77. The molecule has 0 radical (unpaired) electrons. The predicted octanol–water partition coefficient (Wildman–Crippen LogP) is 2.38. The second-order valence-corrected chi connectivity index (χ2v) is 5.44. The Labute approximate surface area is 141 Å². The number of H-pyrrole nitrogens is 1. The molecule has 0 bridgehead atoms. The summed E-state index contributed by atoms with van der Waals surface area (Å²) in [6.45, 7) is 2.31. The number of nitrogens with two attached hydrogens (primary N) is 1. The van der Waals surface area contributed by atoms with E-state index in [-0.39, 0.29) is 24.1 Å². The van der Waals surface area contributed by atoms with Gasteiger partial charge in [-0.1, -0.05) is 12.1 Å². The minimum Gasteiger partial charge on any atom is -0.344 e. The fourth-order valence-corrected chi connectivity index (χ4v) is 2.25. The second kappa shape index (κ2) is 8.64. The lowest BCUT2D eigenvalue weighted by atomic mass is 10.1. The van der Waals surface area contributed by atoms with Gasteiger partial charge in [0.15, 0.2) is 0 Å². The Balaban J connectivity index is 0.00000264. The number of likely N-dealkylation sites (N-methyl/N-ethyl adjacent to an activating group) is 1. The second-order valence-electron chi connectivity index (χ2n) is 5.44. The maximum atomic E-state index is 13.2. The Bertz CT molecular complexity index is 645. The van der Waals surface area contributed by atoms with Crippen LogP contribution in [0.1, 0.15) is 19.0 Å². The average molecular weight is 341 g/mol. The van der Waals surface area contributed by atoms with Crippen LogP contribution in [0.5, 0.6) is 0 Å². The lowest BCUT2D eigenvalue weighted by Gasteiger charge is -2.18. The Morgan fingerprint density at radius 1 is 1.43 bits per heavy atom. The van der Waals surface area contributed by atoms with E-state index in [4.69, 9.17) is 5.73 Å². The molecule has 2 rings (SSSR count). The van der Waals surface area contributed by atoms with E-state index in [9.17, 15) is 9.18 Å². The molecule has 1 aromatic carbocycles. The molecule has 1 aromatic heterocycles. The molecule has 7 heteroatoms. The van der Waals surface area contributed by atoms with Crippen LogP contribution in [0.25, 0.3) is 11.3 Å². The zero-order valence-corrected chi connectivity index (χ0v) is 14.1. The topological polar surface area (TPSA) is 75.0 Å². The van der Waals surface area contributed by atoms with Crippen LogP contribution in [0.15, 0.2) is 30.3 Å². The quantitative estimate of drug-likeness (QED) is 0.847. The van der Waals surface area contributed by atoms with E-state index < -0.39 is 6.04 Å². The molecule has 23 heavy (non-hydrogen) atoms. The van der Waals surface area contributed by atoms with E-state index in [1.54, 1.807) is 24.9 Å². The fourth-order valence-electron chi connectivity index (χ4n) is 2.25. The maximum absolute atomic E-state index is 13.2. The first-order chi connectivity index (χ1) is 10.5. The first kappa shape index (κ1) is 19.1. The molecule has 1 amide bonds. The number of rotatable bonds is 6. The zero-order chi connectivity index (χ0) is 16.1. The third-order valence-electron chi connectivity index (χ3n) is 3.46. The number of nitrogens with one attached hydrogen (secondary N) is 1. The van der Waals surface area contributed by atoms with E-state index in [1.165, 1.54) is 12.1 Å². The lowest BCUT2D eigenvalue weighted by molar-refractivity contribution is -0.130. The Morgan fingerprint density at radius 2 is 2.17 bits per heavy atom. The molecular weight excluding hydrogens is 319 g/mol. The van der Waals surface area contributed by atoms with Crippen LogP contribution < -0.4 is 5.73 Å². The summed E-state index contributed by atoms with van der Waals surface area (Å²) in [6.07, 6.45) is 1.57. The minimum atomic E-state index is -0.475. The van der Waals surface area contributed by atoms with Crippen LogP contribution in [0, 0.1) is 5.82 Å². The third-order valence-corrected chi connectivity index (χ3v) is 3.46. The van der Waals surface area contributed by atoms with Crippen molar-refractivity contribution in [2.75, 3.05) is 13.6 Å². The normalized spacial score (nSPS) is 11.7. The van der Waals surface area contributed by atoms with Gasteiger partial charge >= 0.3 is 0 Å². The molecule has 1 heterocycles. The summed E-state index contributed by atoms with van der Waals surface area (Å²) in [5.41, 5.74) is 7.98. The first-order valence-electron chi connectivity index (χ1n) is 7.28. The number of halogens is 2. The average Bonchev–Trinajstić information content (AvgIpc) is 2.95. The highest BCUT2D eigenvalue weighted by Crippen LogP contribution is 2.19. The molecule has 0 spiro atoms. The summed E-state index contributed by atoms with van der Waals surface area (Å²) in [7, 11) is 1.75. The van der Waals surface area contributed by atoms with Gasteiger partial charge in [-0.05, 0) is 38.0 Å². The lowest BCUT2D eigenvalue weighted by Crippen LogP contribution is -2.40. The van der Waals surface area contributed by atoms with Crippen LogP contribution in [-0.2, 0) is 11.2 Å². The number of aromatic nitrogens is 2. The molecule has 0 aliphatic rings. The van der Waals surface area contributed by atoms with Crippen LogP contribution in [-0.4, -0.2) is 40.6 Å². The molecule has 2 aromatic rings. The van der Waals surface area contributed by atoms with Gasteiger partial charge in [0, 0.05) is 24.8 Å². The van der Waals surface area contributed by atoms with Gasteiger partial charge in [0.05, 0.1) is 11.7 Å². The predicted molar refractivity (Wildman–Crippen MR) is 90.8 cm³/mol. The molecule has 0 aliphatic heterocycles. The standard InChI is InChI=1S/C16H21FN4O.ClH/c1-11(18)16(22)21(2)8-4-7-14-10-15(20-19-14)12-5-3-6-13(17)9-12;/h3,5-6,9-11H,4,7-8,18H2,1-2H3,(H,19,20);1H/t11-;/m0./s1. The van der Waals surface area contributed by atoms with Crippen LogP contribution in [0.2, 0.25) is 0 Å². The summed E-state index contributed by atoms with van der Waals surface area (Å²) >= 11 is 0. The largest absolute Gasteiger partial charge is 0.344 e. The van der Waals surface area contributed by atoms with Gasteiger partial charge in [-0.2, -0.15) is 5.10 Å². The fraction of sp³-hybridized carbons (Fsp3) is 0.375. The van der Waals surface area contributed by atoms with Crippen molar-refractivity contribution in [3.8, 4) is 11.3 Å². The van der Waals surface area contributed by atoms with Crippen molar-refractivity contribution in [3.63, 3.8) is 0 Å². The monoisotopic (exact) mass is 340 g/mol. The van der Waals surface area contributed by atoms with Crippen molar-refractivity contribution in [3.05, 3.63) is 41.8 Å². The minimum absolute atomic E-state index is 0. The number of aryl methyl sites for hydroxylation is 1.